The zero-order valence-electron chi connectivity index (χ0n) is 24.7. The predicted molar refractivity (Wildman–Crippen MR) is 187 cm³/mol. The molecule has 0 atom stereocenters. The van der Waals surface area contributed by atoms with Crippen molar-refractivity contribution in [1.82, 2.24) is 18.9 Å². The van der Waals surface area contributed by atoms with Crippen LogP contribution in [0, 0.1) is 6.57 Å². The Bertz CT molecular complexity index is 2620. The number of para-hydroxylation sites is 3. The topological polar surface area (TPSA) is 39.5 Å². The van der Waals surface area contributed by atoms with Gasteiger partial charge in [0.15, 0.2) is 5.69 Å². The first kappa shape index (κ1) is 25.9. The Hall–Kier alpha value is -6.51. The van der Waals surface area contributed by atoms with Crippen molar-refractivity contribution in [1.29, 1.82) is 0 Å². The molecular formula is C41H25N5. The molecule has 5 heteroatoms. The highest BCUT2D eigenvalue weighted by molar-refractivity contribution is 6.11. The highest BCUT2D eigenvalue weighted by atomic mass is 15.1. The lowest BCUT2D eigenvalue weighted by Crippen LogP contribution is -1.97. The molecule has 0 unspecified atom stereocenters. The van der Waals surface area contributed by atoms with E-state index in [1.54, 1.807) is 0 Å². The number of rotatable bonds is 4. The first-order chi connectivity index (χ1) is 22.7. The standard InChI is InChI=1S/C41H25N5/c1-42-31-21-23-34-33-22-20-30(24-39(33)45(40(34)25-31)32-12-6-3-7-13-32)27-16-18-28(19-17-27)36-26-38(29-10-4-2-5-11-29)46-37-15-9-8-14-35(37)43-41(46)44-36/h2-26H. The second-order valence-electron chi connectivity index (χ2n) is 11.4. The summed E-state index contributed by atoms with van der Waals surface area (Å²) in [7, 11) is 0. The van der Waals surface area contributed by atoms with Crippen LogP contribution in [0.1, 0.15) is 0 Å². The summed E-state index contributed by atoms with van der Waals surface area (Å²) in [6.45, 7) is 7.58. The van der Waals surface area contributed by atoms with Crippen LogP contribution < -0.4 is 0 Å². The molecule has 0 N–H and O–H groups in total. The molecule has 6 aromatic carbocycles. The van der Waals surface area contributed by atoms with Crippen LogP contribution >= 0.6 is 0 Å². The van der Waals surface area contributed by atoms with Gasteiger partial charge in [0.2, 0.25) is 5.78 Å². The van der Waals surface area contributed by atoms with Gasteiger partial charge in [-0.3, -0.25) is 4.40 Å². The fourth-order valence-electron chi connectivity index (χ4n) is 6.57. The van der Waals surface area contributed by atoms with Gasteiger partial charge in [0, 0.05) is 27.5 Å². The van der Waals surface area contributed by atoms with Crippen molar-refractivity contribution in [2.75, 3.05) is 0 Å². The van der Waals surface area contributed by atoms with Crippen molar-refractivity contribution in [3.8, 4) is 39.3 Å². The molecular weight excluding hydrogens is 562 g/mol. The molecule has 0 aliphatic carbocycles. The summed E-state index contributed by atoms with van der Waals surface area (Å²) in [5.41, 5.74) is 12.1. The summed E-state index contributed by atoms with van der Waals surface area (Å²) in [6, 6.07) is 52.3. The molecule has 3 aromatic heterocycles. The molecule has 0 amide bonds. The van der Waals surface area contributed by atoms with Crippen LogP contribution in [-0.4, -0.2) is 18.9 Å². The van der Waals surface area contributed by atoms with Crippen LogP contribution in [-0.2, 0) is 0 Å². The van der Waals surface area contributed by atoms with Crippen LogP contribution in [0.15, 0.2) is 152 Å². The number of aromatic nitrogens is 4. The second kappa shape index (κ2) is 10.3. The van der Waals surface area contributed by atoms with Crippen molar-refractivity contribution in [2.24, 2.45) is 0 Å². The first-order valence-electron chi connectivity index (χ1n) is 15.2. The molecule has 214 valence electrons. The summed E-state index contributed by atoms with van der Waals surface area (Å²) in [5, 5.41) is 2.30. The smallest absolute Gasteiger partial charge is 0.235 e. The van der Waals surface area contributed by atoms with E-state index in [2.05, 4.69) is 123 Å². The highest BCUT2D eigenvalue weighted by Crippen LogP contribution is 2.37. The summed E-state index contributed by atoms with van der Waals surface area (Å²) in [4.78, 5) is 13.6. The number of benzene rings is 6. The maximum Gasteiger partial charge on any atom is 0.235 e. The van der Waals surface area contributed by atoms with Gasteiger partial charge in [0.1, 0.15) is 0 Å². The van der Waals surface area contributed by atoms with Crippen LogP contribution in [0.3, 0.4) is 0 Å². The Morgan fingerprint density at radius 3 is 1.93 bits per heavy atom. The Morgan fingerprint density at radius 2 is 1.15 bits per heavy atom. The van der Waals surface area contributed by atoms with Gasteiger partial charge in [-0.1, -0.05) is 109 Å². The number of imidazole rings is 1. The van der Waals surface area contributed by atoms with Gasteiger partial charge in [-0.05, 0) is 59.2 Å². The van der Waals surface area contributed by atoms with Gasteiger partial charge in [-0.25, -0.2) is 14.8 Å². The Kier molecular flexibility index (Phi) is 5.81. The van der Waals surface area contributed by atoms with Crippen LogP contribution in [0.5, 0.6) is 0 Å². The van der Waals surface area contributed by atoms with E-state index in [0.29, 0.717) is 11.5 Å². The minimum Gasteiger partial charge on any atom is -0.310 e. The average Bonchev–Trinajstić information content (AvgIpc) is 3.67. The molecule has 9 rings (SSSR count). The summed E-state index contributed by atoms with van der Waals surface area (Å²) < 4.78 is 4.40. The number of nitrogens with zero attached hydrogens (tertiary/aromatic N) is 5. The highest BCUT2D eigenvalue weighted by Gasteiger charge is 2.16. The zero-order chi connectivity index (χ0) is 30.6. The third-order valence-corrected chi connectivity index (χ3v) is 8.76. The van der Waals surface area contributed by atoms with E-state index in [0.717, 1.165) is 72.2 Å². The van der Waals surface area contributed by atoms with Gasteiger partial charge < -0.3 is 4.57 Å². The molecule has 0 fully saturated rings. The second-order valence-corrected chi connectivity index (χ2v) is 11.4. The molecule has 9 aromatic rings. The molecule has 0 spiro atoms. The Labute approximate surface area is 265 Å². The van der Waals surface area contributed by atoms with Crippen LogP contribution in [0.2, 0.25) is 0 Å². The van der Waals surface area contributed by atoms with Gasteiger partial charge in [0.25, 0.3) is 0 Å². The molecule has 0 bridgehead atoms. The summed E-state index contributed by atoms with van der Waals surface area (Å²) in [6.07, 6.45) is 0. The van der Waals surface area contributed by atoms with Crippen molar-refractivity contribution in [3.63, 3.8) is 0 Å². The lowest BCUT2D eigenvalue weighted by Gasteiger charge is -2.11. The minimum absolute atomic E-state index is 0.633. The number of hydrogen-bond acceptors (Lipinski definition) is 2. The zero-order valence-corrected chi connectivity index (χ0v) is 24.7. The molecule has 46 heavy (non-hydrogen) atoms. The molecule has 0 saturated heterocycles. The molecule has 5 nitrogen and oxygen atoms in total. The Morgan fingerprint density at radius 1 is 0.500 bits per heavy atom. The van der Waals surface area contributed by atoms with Crippen molar-refractivity contribution >= 4 is 44.3 Å². The largest absolute Gasteiger partial charge is 0.310 e. The number of hydrogen-bond donors (Lipinski definition) is 0. The molecule has 0 saturated carbocycles. The van der Waals surface area contributed by atoms with Crippen molar-refractivity contribution < 1.29 is 0 Å². The number of fused-ring (bicyclic) bond motifs is 6. The molecule has 0 aliphatic rings. The Balaban J connectivity index is 1.17. The lowest BCUT2D eigenvalue weighted by atomic mass is 10.0. The first-order valence-corrected chi connectivity index (χ1v) is 15.2. The third-order valence-electron chi connectivity index (χ3n) is 8.76. The van der Waals surface area contributed by atoms with Crippen LogP contribution in [0.25, 0.3) is 82.8 Å². The van der Waals surface area contributed by atoms with E-state index in [9.17, 15) is 0 Å². The van der Waals surface area contributed by atoms with Gasteiger partial charge in [-0.2, -0.15) is 0 Å². The summed E-state index contributed by atoms with van der Waals surface area (Å²) >= 11 is 0. The maximum atomic E-state index is 7.58. The molecule has 3 heterocycles. The maximum absolute atomic E-state index is 7.58. The fraction of sp³-hybridized carbons (Fsp3) is 0. The summed E-state index contributed by atoms with van der Waals surface area (Å²) in [5.74, 6) is 0.683. The van der Waals surface area contributed by atoms with E-state index in [-0.39, 0.29) is 0 Å². The van der Waals surface area contributed by atoms with E-state index in [1.165, 1.54) is 0 Å². The normalized spacial score (nSPS) is 11.5. The predicted octanol–water partition coefficient (Wildman–Crippen LogP) is 10.5. The van der Waals surface area contributed by atoms with Crippen molar-refractivity contribution in [3.05, 3.63) is 163 Å². The van der Waals surface area contributed by atoms with Gasteiger partial charge in [-0.15, -0.1) is 0 Å². The van der Waals surface area contributed by atoms with Gasteiger partial charge in [0.05, 0.1) is 34.5 Å². The quantitative estimate of drug-likeness (QED) is 0.192. The van der Waals surface area contributed by atoms with E-state index in [4.69, 9.17) is 16.5 Å². The fourth-order valence-corrected chi connectivity index (χ4v) is 6.57. The average molecular weight is 588 g/mol. The van der Waals surface area contributed by atoms with E-state index >= 15 is 0 Å². The lowest BCUT2D eigenvalue weighted by molar-refractivity contribution is 1.14. The van der Waals surface area contributed by atoms with E-state index in [1.807, 2.05) is 42.5 Å². The van der Waals surface area contributed by atoms with Crippen molar-refractivity contribution in [2.45, 2.75) is 0 Å². The minimum atomic E-state index is 0.633. The van der Waals surface area contributed by atoms with Crippen LogP contribution in [0.4, 0.5) is 5.69 Å². The monoisotopic (exact) mass is 587 g/mol. The van der Waals surface area contributed by atoms with Gasteiger partial charge >= 0.3 is 0 Å². The van der Waals surface area contributed by atoms with E-state index < -0.39 is 0 Å². The molecule has 0 radical (unpaired) electrons. The molecule has 0 aliphatic heterocycles. The third kappa shape index (κ3) is 4.09. The SMILES string of the molecule is [C-]#[N+]c1ccc2c3ccc(-c4ccc(-c5cc(-c6ccccc6)n6c(n5)nc5ccccc56)cc4)cc3n(-c3ccccc3)c2c1.